The van der Waals surface area contributed by atoms with E-state index >= 15 is 0 Å². The Balaban J connectivity index is 1.32. The molecule has 2 aromatic carbocycles. The van der Waals surface area contributed by atoms with Crippen molar-refractivity contribution in [3.05, 3.63) is 77.5 Å². The van der Waals surface area contributed by atoms with E-state index in [1.54, 1.807) is 0 Å². The average molecular weight is 399 g/mol. The smallest absolute Gasteiger partial charge is 0.227 e. The largest absolute Gasteiger partial charge is 0.351 e. The molecule has 0 unspecified atom stereocenters. The average Bonchev–Trinajstić information content (AvgIpc) is 3.41. The Morgan fingerprint density at radius 1 is 1.13 bits per heavy atom. The third-order valence-electron chi connectivity index (χ3n) is 7.19. The highest BCUT2D eigenvalue weighted by Crippen LogP contribution is 2.51. The van der Waals surface area contributed by atoms with Gasteiger partial charge in [-0.1, -0.05) is 48.5 Å². The quantitative estimate of drug-likeness (QED) is 0.672. The Morgan fingerprint density at radius 2 is 2.00 bits per heavy atom. The molecule has 3 saturated heterocycles. The van der Waals surface area contributed by atoms with Gasteiger partial charge in [-0.05, 0) is 29.7 Å². The van der Waals surface area contributed by atoms with E-state index in [2.05, 4.69) is 52.0 Å². The zero-order chi connectivity index (χ0) is 20.3. The van der Waals surface area contributed by atoms with Crippen molar-refractivity contribution in [1.29, 1.82) is 0 Å². The molecule has 6 rings (SSSR count). The van der Waals surface area contributed by atoms with Crippen LogP contribution >= 0.6 is 0 Å². The number of nitrogens with zero attached hydrogens (tertiary/aromatic N) is 3. The molecule has 0 N–H and O–H groups in total. The molecular weight excluding hydrogens is 374 g/mol. The van der Waals surface area contributed by atoms with E-state index in [9.17, 15) is 4.79 Å². The van der Waals surface area contributed by atoms with Crippen molar-refractivity contribution >= 4 is 16.8 Å². The summed E-state index contributed by atoms with van der Waals surface area (Å²) in [7, 11) is 0. The van der Waals surface area contributed by atoms with E-state index in [0.29, 0.717) is 13.0 Å². The molecular formula is C25H25N3O2. The lowest BCUT2D eigenvalue weighted by Crippen LogP contribution is -2.48. The summed E-state index contributed by atoms with van der Waals surface area (Å²) in [5.74, 6) is 0.214. The van der Waals surface area contributed by atoms with Crippen molar-refractivity contribution in [2.24, 2.45) is 0 Å². The van der Waals surface area contributed by atoms with Gasteiger partial charge in [-0.15, -0.1) is 0 Å². The number of hydrogen-bond acceptors (Lipinski definition) is 4. The van der Waals surface area contributed by atoms with E-state index in [0.717, 1.165) is 30.6 Å². The van der Waals surface area contributed by atoms with Crippen molar-refractivity contribution < 1.29 is 9.53 Å². The number of aryl methyl sites for hydroxylation is 1. The zero-order valence-electron chi connectivity index (χ0n) is 17.1. The summed E-state index contributed by atoms with van der Waals surface area (Å²) in [6.07, 6.45) is 3.26. The minimum atomic E-state index is -0.476. The molecule has 0 saturated carbocycles. The van der Waals surface area contributed by atoms with E-state index in [1.807, 2.05) is 30.5 Å². The fourth-order valence-corrected chi connectivity index (χ4v) is 5.77. The highest BCUT2D eigenvalue weighted by atomic mass is 16.5. The molecule has 3 aliphatic rings. The van der Waals surface area contributed by atoms with Gasteiger partial charge in [0.15, 0.2) is 5.72 Å². The number of fused-ring (bicyclic) bond motifs is 1. The monoisotopic (exact) mass is 399 g/mol. The number of aromatic nitrogens is 1. The first-order chi connectivity index (χ1) is 14.7. The molecule has 4 heterocycles. The first-order valence-electron chi connectivity index (χ1n) is 10.8. The lowest BCUT2D eigenvalue weighted by atomic mass is 10.0. The van der Waals surface area contributed by atoms with Crippen molar-refractivity contribution in [2.75, 3.05) is 13.2 Å². The second-order valence-electron chi connectivity index (χ2n) is 8.73. The Bertz CT molecular complexity index is 1130. The van der Waals surface area contributed by atoms with Gasteiger partial charge in [0.05, 0.1) is 24.2 Å². The van der Waals surface area contributed by atoms with Gasteiger partial charge in [-0.25, -0.2) is 0 Å². The van der Waals surface area contributed by atoms with Gasteiger partial charge in [0.2, 0.25) is 5.91 Å². The Morgan fingerprint density at radius 3 is 2.87 bits per heavy atom. The maximum Gasteiger partial charge on any atom is 0.227 e. The molecule has 5 nitrogen and oxygen atoms in total. The highest BCUT2D eigenvalue weighted by Gasteiger charge is 2.64. The second-order valence-corrected chi connectivity index (χ2v) is 8.73. The van der Waals surface area contributed by atoms with Gasteiger partial charge in [0.1, 0.15) is 0 Å². The number of rotatable bonds is 3. The van der Waals surface area contributed by atoms with Gasteiger partial charge < -0.3 is 9.64 Å². The predicted octanol–water partition coefficient (Wildman–Crippen LogP) is 3.82. The van der Waals surface area contributed by atoms with Crippen molar-refractivity contribution in [1.82, 2.24) is 14.8 Å². The van der Waals surface area contributed by atoms with Crippen LogP contribution in [0.4, 0.5) is 0 Å². The Kier molecular flexibility index (Phi) is 3.98. The molecule has 0 radical (unpaired) electrons. The number of amides is 1. The molecule has 1 amide bonds. The van der Waals surface area contributed by atoms with Crippen LogP contribution in [0.1, 0.15) is 35.6 Å². The second kappa shape index (κ2) is 6.62. The molecule has 5 heteroatoms. The van der Waals surface area contributed by atoms with Gasteiger partial charge >= 0.3 is 0 Å². The Hall–Kier alpha value is -2.76. The van der Waals surface area contributed by atoms with Gasteiger partial charge in [-0.3, -0.25) is 14.7 Å². The molecule has 1 aromatic heterocycles. The molecule has 152 valence electrons. The van der Waals surface area contributed by atoms with Crippen LogP contribution in [-0.2, 0) is 16.1 Å². The summed E-state index contributed by atoms with van der Waals surface area (Å²) in [6, 6.07) is 18.9. The highest BCUT2D eigenvalue weighted by molar-refractivity contribution is 5.85. The number of carbonyl (C=O) groups excluding carboxylic acids is 1. The van der Waals surface area contributed by atoms with Crippen LogP contribution < -0.4 is 0 Å². The molecule has 3 atom stereocenters. The lowest BCUT2D eigenvalue weighted by Gasteiger charge is -2.33. The first-order valence-corrected chi connectivity index (χ1v) is 10.8. The molecule has 3 aliphatic heterocycles. The zero-order valence-corrected chi connectivity index (χ0v) is 17.1. The number of pyridine rings is 1. The van der Waals surface area contributed by atoms with Crippen LogP contribution in [-0.4, -0.2) is 45.6 Å². The van der Waals surface area contributed by atoms with Crippen LogP contribution in [0, 0.1) is 6.92 Å². The fraction of sp³-hybridized carbons (Fsp3) is 0.360. The maximum atomic E-state index is 13.1. The van der Waals surface area contributed by atoms with Gasteiger partial charge in [-0.2, -0.15) is 0 Å². The molecule has 1 spiro atoms. The summed E-state index contributed by atoms with van der Waals surface area (Å²) in [5.41, 5.74) is 4.21. The normalized spacial score (nSPS) is 28.3. The molecule has 0 bridgehead atoms. The number of likely N-dealkylation sites (tertiary alicyclic amines) is 1. The van der Waals surface area contributed by atoms with Crippen LogP contribution in [0.2, 0.25) is 0 Å². The van der Waals surface area contributed by atoms with E-state index in [1.165, 1.54) is 16.5 Å². The van der Waals surface area contributed by atoms with E-state index < -0.39 is 5.72 Å². The number of ether oxygens (including phenoxy) is 1. The summed E-state index contributed by atoms with van der Waals surface area (Å²) in [4.78, 5) is 22.2. The van der Waals surface area contributed by atoms with Crippen molar-refractivity contribution in [2.45, 2.75) is 44.1 Å². The standard InChI is InChI=1S/C25H25N3O2/c1-17-9-10-19(20-8-5-12-26-24(17)20)15-27-13-11-25-22(27)14-23(29)28(25)21(16-30-25)18-6-3-2-4-7-18/h2-10,12,21-22H,11,13-16H2,1H3/t21-,22+,25-/m0/s1. The van der Waals surface area contributed by atoms with Crippen LogP contribution in [0.3, 0.4) is 0 Å². The van der Waals surface area contributed by atoms with Crippen LogP contribution in [0.15, 0.2) is 60.8 Å². The molecule has 3 aromatic rings. The van der Waals surface area contributed by atoms with Crippen molar-refractivity contribution in [3.8, 4) is 0 Å². The topological polar surface area (TPSA) is 45.7 Å². The summed E-state index contributed by atoms with van der Waals surface area (Å²) in [6.45, 7) is 4.44. The molecule has 30 heavy (non-hydrogen) atoms. The number of benzene rings is 2. The van der Waals surface area contributed by atoms with Crippen LogP contribution in [0.5, 0.6) is 0 Å². The number of carbonyl (C=O) groups is 1. The van der Waals surface area contributed by atoms with Crippen molar-refractivity contribution in [3.63, 3.8) is 0 Å². The lowest BCUT2D eigenvalue weighted by molar-refractivity contribution is -0.138. The maximum absolute atomic E-state index is 13.1. The first kappa shape index (κ1) is 18.0. The number of hydrogen-bond donors (Lipinski definition) is 0. The minimum absolute atomic E-state index is 0.0213. The van der Waals surface area contributed by atoms with Gasteiger partial charge in [0, 0.05) is 37.5 Å². The minimum Gasteiger partial charge on any atom is -0.351 e. The SMILES string of the molecule is Cc1ccc(CN2CC[C@@]34OC[C@@H](c5ccccc5)N3C(=O)C[C@@H]24)c2cccnc12. The fourth-order valence-electron chi connectivity index (χ4n) is 5.77. The summed E-state index contributed by atoms with van der Waals surface area (Å²) in [5, 5.41) is 1.20. The van der Waals surface area contributed by atoms with Gasteiger partial charge in [0.25, 0.3) is 0 Å². The summed E-state index contributed by atoms with van der Waals surface area (Å²) >= 11 is 0. The van der Waals surface area contributed by atoms with Crippen LogP contribution in [0.25, 0.3) is 10.9 Å². The van der Waals surface area contributed by atoms with E-state index in [4.69, 9.17) is 4.74 Å². The Labute approximate surface area is 176 Å². The molecule has 0 aliphatic carbocycles. The molecule has 3 fully saturated rings. The third-order valence-corrected chi connectivity index (χ3v) is 7.19. The predicted molar refractivity (Wildman–Crippen MR) is 115 cm³/mol. The van der Waals surface area contributed by atoms with E-state index in [-0.39, 0.29) is 18.0 Å². The third kappa shape index (κ3) is 2.49. The summed E-state index contributed by atoms with van der Waals surface area (Å²) < 4.78 is 6.45.